The summed E-state index contributed by atoms with van der Waals surface area (Å²) in [6.07, 6.45) is 1.66. The van der Waals surface area contributed by atoms with Gasteiger partial charge in [0.1, 0.15) is 11.6 Å². The molecule has 2 N–H and O–H groups in total. The first-order chi connectivity index (χ1) is 9.56. The third-order valence-electron chi connectivity index (χ3n) is 3.26. The van der Waals surface area contributed by atoms with Crippen LogP contribution < -0.4 is 5.73 Å². The molecular weight excluding hydrogens is 318 g/mol. The first-order valence-corrected chi connectivity index (χ1v) is 7.02. The molecule has 0 atom stereocenters. The number of anilines is 1. The Morgan fingerprint density at radius 1 is 1.20 bits per heavy atom. The van der Waals surface area contributed by atoms with E-state index in [2.05, 4.69) is 21.0 Å². The molecule has 0 aliphatic carbocycles. The van der Waals surface area contributed by atoms with Crippen LogP contribution in [0.15, 0.2) is 45.5 Å². The minimum atomic E-state index is 0.603. The van der Waals surface area contributed by atoms with E-state index in [-0.39, 0.29) is 0 Å². The van der Waals surface area contributed by atoms with Crippen molar-refractivity contribution in [2.45, 2.75) is 13.8 Å². The Labute approximate surface area is 125 Å². The molecule has 0 spiro atoms. The average molecular weight is 332 g/mol. The zero-order valence-corrected chi connectivity index (χ0v) is 12.8. The number of furan rings is 1. The normalized spacial score (nSPS) is 10.9. The largest absolute Gasteiger partial charge is 0.469 e. The lowest BCUT2D eigenvalue weighted by atomic mass is 10.2. The summed E-state index contributed by atoms with van der Waals surface area (Å²) in [6, 6.07) is 9.77. The molecule has 0 saturated heterocycles. The molecule has 0 amide bonds. The van der Waals surface area contributed by atoms with Gasteiger partial charge in [-0.05, 0) is 43.7 Å². The highest BCUT2D eigenvalue weighted by Crippen LogP contribution is 2.28. The van der Waals surface area contributed by atoms with Crippen molar-refractivity contribution in [3.8, 4) is 16.9 Å². The number of aromatic nitrogens is 2. The third-order valence-corrected chi connectivity index (χ3v) is 3.75. The van der Waals surface area contributed by atoms with E-state index in [9.17, 15) is 0 Å². The number of hydrogen-bond acceptors (Lipinski definition) is 3. The second kappa shape index (κ2) is 4.83. The van der Waals surface area contributed by atoms with Crippen LogP contribution in [0.25, 0.3) is 16.9 Å². The molecule has 102 valence electrons. The Morgan fingerprint density at radius 2 is 2.00 bits per heavy atom. The molecule has 5 heteroatoms. The van der Waals surface area contributed by atoms with Gasteiger partial charge in [0.15, 0.2) is 0 Å². The number of nitrogens with two attached hydrogens (primary N) is 1. The van der Waals surface area contributed by atoms with E-state index < -0.39 is 0 Å². The molecule has 3 rings (SSSR count). The van der Waals surface area contributed by atoms with Crippen molar-refractivity contribution >= 4 is 21.7 Å². The highest BCUT2D eigenvalue weighted by Gasteiger charge is 2.13. The van der Waals surface area contributed by atoms with Gasteiger partial charge in [-0.15, -0.1) is 0 Å². The van der Waals surface area contributed by atoms with E-state index in [1.165, 1.54) is 0 Å². The van der Waals surface area contributed by atoms with Gasteiger partial charge < -0.3 is 10.2 Å². The molecule has 0 saturated carbocycles. The molecule has 0 fully saturated rings. The fraction of sp³-hybridized carbons (Fsp3) is 0.133. The van der Waals surface area contributed by atoms with Gasteiger partial charge in [0, 0.05) is 16.1 Å². The Morgan fingerprint density at radius 3 is 2.65 bits per heavy atom. The van der Waals surface area contributed by atoms with Crippen molar-refractivity contribution in [1.82, 2.24) is 9.78 Å². The number of benzene rings is 1. The molecule has 0 unspecified atom stereocenters. The molecule has 4 nitrogen and oxygen atoms in total. The van der Waals surface area contributed by atoms with E-state index in [1.54, 1.807) is 10.9 Å². The van der Waals surface area contributed by atoms with Gasteiger partial charge in [0.05, 0.1) is 17.6 Å². The minimum absolute atomic E-state index is 0.603. The highest BCUT2D eigenvalue weighted by molar-refractivity contribution is 9.10. The van der Waals surface area contributed by atoms with Crippen LogP contribution in [0.1, 0.15) is 11.3 Å². The van der Waals surface area contributed by atoms with E-state index >= 15 is 0 Å². The maximum Gasteiger partial charge on any atom is 0.127 e. The number of nitrogen functional groups attached to an aromatic ring is 1. The Bertz CT molecular complexity index is 773. The average Bonchev–Trinajstić information content (AvgIpc) is 2.96. The number of rotatable bonds is 2. The zero-order chi connectivity index (χ0) is 14.3. The summed E-state index contributed by atoms with van der Waals surface area (Å²) in [6.45, 7) is 3.94. The highest BCUT2D eigenvalue weighted by atomic mass is 79.9. The van der Waals surface area contributed by atoms with E-state index in [0.717, 1.165) is 32.7 Å². The monoisotopic (exact) mass is 331 g/mol. The number of halogens is 1. The van der Waals surface area contributed by atoms with Crippen LogP contribution in [0, 0.1) is 13.8 Å². The zero-order valence-electron chi connectivity index (χ0n) is 11.2. The molecule has 1 aromatic carbocycles. The lowest BCUT2D eigenvalue weighted by molar-refractivity contribution is 0.535. The molecule has 2 aromatic heterocycles. The summed E-state index contributed by atoms with van der Waals surface area (Å²) < 4.78 is 8.11. The second-order valence-electron chi connectivity index (χ2n) is 4.69. The van der Waals surface area contributed by atoms with Gasteiger partial charge in [-0.1, -0.05) is 15.9 Å². The van der Waals surface area contributed by atoms with Crippen molar-refractivity contribution in [3.05, 3.63) is 52.4 Å². The van der Waals surface area contributed by atoms with E-state index in [4.69, 9.17) is 10.2 Å². The van der Waals surface area contributed by atoms with Gasteiger partial charge in [-0.3, -0.25) is 0 Å². The third kappa shape index (κ3) is 2.14. The summed E-state index contributed by atoms with van der Waals surface area (Å²) in [7, 11) is 0. The van der Waals surface area contributed by atoms with Crippen LogP contribution in [-0.4, -0.2) is 9.78 Å². The van der Waals surface area contributed by atoms with Crippen molar-refractivity contribution in [3.63, 3.8) is 0 Å². The molecule has 0 aliphatic rings. The predicted molar refractivity (Wildman–Crippen MR) is 82.9 cm³/mol. The minimum Gasteiger partial charge on any atom is -0.469 e. The molecule has 0 bridgehead atoms. The van der Waals surface area contributed by atoms with Gasteiger partial charge in [0.25, 0.3) is 0 Å². The molecule has 20 heavy (non-hydrogen) atoms. The number of aryl methyl sites for hydroxylation is 2. The van der Waals surface area contributed by atoms with E-state index in [1.807, 2.05) is 44.2 Å². The Hall–Kier alpha value is -2.01. The SMILES string of the molecule is Cc1cc(Br)ccc1-n1nc(-c2ccoc2C)cc1N. The molecule has 0 radical (unpaired) electrons. The topological polar surface area (TPSA) is 57.0 Å². The number of hydrogen-bond donors (Lipinski definition) is 1. The number of nitrogens with zero attached hydrogens (tertiary/aromatic N) is 2. The Balaban J connectivity index is 2.12. The standard InChI is InChI=1S/C15H14BrN3O/c1-9-7-11(16)3-4-14(9)19-15(17)8-13(18-19)12-5-6-20-10(12)2/h3-8H,17H2,1-2H3. The maximum atomic E-state index is 6.09. The predicted octanol–water partition coefficient (Wildman–Crippen LogP) is 4.09. The molecule has 0 aliphatic heterocycles. The summed E-state index contributed by atoms with van der Waals surface area (Å²) in [5.41, 5.74) is 9.95. The Kier molecular flexibility index (Phi) is 3.14. The van der Waals surface area contributed by atoms with Crippen LogP contribution in [-0.2, 0) is 0 Å². The van der Waals surface area contributed by atoms with Crippen molar-refractivity contribution in [2.75, 3.05) is 5.73 Å². The van der Waals surface area contributed by atoms with Gasteiger partial charge >= 0.3 is 0 Å². The van der Waals surface area contributed by atoms with Crippen LogP contribution in [0.4, 0.5) is 5.82 Å². The smallest absolute Gasteiger partial charge is 0.127 e. The summed E-state index contributed by atoms with van der Waals surface area (Å²) in [5, 5.41) is 4.59. The van der Waals surface area contributed by atoms with Crippen molar-refractivity contribution in [2.24, 2.45) is 0 Å². The maximum absolute atomic E-state index is 6.09. The van der Waals surface area contributed by atoms with Crippen LogP contribution in [0.2, 0.25) is 0 Å². The van der Waals surface area contributed by atoms with Crippen LogP contribution in [0.3, 0.4) is 0 Å². The fourth-order valence-electron chi connectivity index (χ4n) is 2.23. The van der Waals surface area contributed by atoms with Gasteiger partial charge in [0.2, 0.25) is 0 Å². The molecule has 2 heterocycles. The summed E-state index contributed by atoms with van der Waals surface area (Å²) >= 11 is 3.46. The van der Waals surface area contributed by atoms with Gasteiger partial charge in [-0.2, -0.15) is 5.10 Å². The van der Waals surface area contributed by atoms with E-state index in [0.29, 0.717) is 5.82 Å². The lowest BCUT2D eigenvalue weighted by Gasteiger charge is -2.07. The second-order valence-corrected chi connectivity index (χ2v) is 5.60. The quantitative estimate of drug-likeness (QED) is 0.769. The first kappa shape index (κ1) is 13.0. The summed E-state index contributed by atoms with van der Waals surface area (Å²) in [5.74, 6) is 1.44. The molecule has 3 aromatic rings. The fourth-order valence-corrected chi connectivity index (χ4v) is 2.70. The van der Waals surface area contributed by atoms with Crippen molar-refractivity contribution < 1.29 is 4.42 Å². The molecular formula is C15H14BrN3O. The van der Waals surface area contributed by atoms with Gasteiger partial charge in [-0.25, -0.2) is 4.68 Å². The lowest BCUT2D eigenvalue weighted by Crippen LogP contribution is -2.03. The van der Waals surface area contributed by atoms with Crippen LogP contribution >= 0.6 is 15.9 Å². The van der Waals surface area contributed by atoms with Crippen molar-refractivity contribution in [1.29, 1.82) is 0 Å². The first-order valence-electron chi connectivity index (χ1n) is 6.23. The van der Waals surface area contributed by atoms with Crippen LogP contribution in [0.5, 0.6) is 0 Å². The summed E-state index contributed by atoms with van der Waals surface area (Å²) in [4.78, 5) is 0.